The molecular weight excluding hydrogens is 530 g/mol. The van der Waals surface area contributed by atoms with E-state index in [1.807, 2.05) is 48.5 Å². The molecule has 2 atom stereocenters. The van der Waals surface area contributed by atoms with Crippen LogP contribution in [0.25, 0.3) is 11.1 Å². The second kappa shape index (κ2) is 12.9. The van der Waals surface area contributed by atoms with Crippen molar-refractivity contribution in [1.29, 1.82) is 0 Å². The van der Waals surface area contributed by atoms with Crippen LogP contribution < -0.4 is 0 Å². The van der Waals surface area contributed by atoms with Crippen molar-refractivity contribution in [3.05, 3.63) is 167 Å². The summed E-state index contributed by atoms with van der Waals surface area (Å²) in [6.07, 6.45) is 3.20. The van der Waals surface area contributed by atoms with Crippen LogP contribution in [-0.4, -0.2) is 21.9 Å². The van der Waals surface area contributed by atoms with Crippen molar-refractivity contribution in [1.82, 2.24) is 4.90 Å². The average molecular weight is 566 g/mol. The van der Waals surface area contributed by atoms with Gasteiger partial charge in [-0.1, -0.05) is 121 Å². The molecule has 2 unspecified atom stereocenters. The van der Waals surface area contributed by atoms with E-state index in [0.717, 1.165) is 41.5 Å². The molecule has 4 heteroatoms. The number of carbonyl (C=O) groups is 2. The summed E-state index contributed by atoms with van der Waals surface area (Å²) in [6, 6.07) is 44.3. The summed E-state index contributed by atoms with van der Waals surface area (Å²) in [5.74, 6) is -0.585. The zero-order valence-corrected chi connectivity index (χ0v) is 24.1. The number of benzene rings is 5. The molecule has 0 radical (unpaired) electrons. The molecule has 5 aromatic carbocycles. The fourth-order valence-corrected chi connectivity index (χ4v) is 6.45. The standard InChI is InChI=1S/C39H35NO3/c41-37(25-30-15-9-17-32(24-30)33-18-10-19-35(26-33)39(42)43)40(27-29-13-5-2-6-14-29)38-34(23-28-11-3-1-4-12-28)22-21-31-16-7-8-20-36(31)38/h1-20,24,26,34,38H,21-23,25,27H2,(H,42,43). The lowest BCUT2D eigenvalue weighted by Gasteiger charge is -2.42. The summed E-state index contributed by atoms with van der Waals surface area (Å²) >= 11 is 0. The van der Waals surface area contributed by atoms with E-state index >= 15 is 0 Å². The van der Waals surface area contributed by atoms with Gasteiger partial charge in [0.05, 0.1) is 18.0 Å². The minimum absolute atomic E-state index is 0.0479. The third-order valence-electron chi connectivity index (χ3n) is 8.52. The van der Waals surface area contributed by atoms with Gasteiger partial charge in [0.2, 0.25) is 5.91 Å². The Morgan fingerprint density at radius 1 is 0.674 bits per heavy atom. The normalized spacial score (nSPS) is 15.8. The van der Waals surface area contributed by atoms with E-state index in [2.05, 4.69) is 71.6 Å². The number of aromatic carboxylic acids is 1. The predicted octanol–water partition coefficient (Wildman–Crippen LogP) is 8.17. The van der Waals surface area contributed by atoms with Gasteiger partial charge in [-0.25, -0.2) is 4.79 Å². The van der Waals surface area contributed by atoms with Crippen LogP contribution in [0.4, 0.5) is 0 Å². The van der Waals surface area contributed by atoms with Crippen molar-refractivity contribution in [2.24, 2.45) is 5.92 Å². The summed E-state index contributed by atoms with van der Waals surface area (Å²) in [5.41, 5.74) is 7.84. The lowest BCUT2D eigenvalue weighted by molar-refractivity contribution is -0.135. The Kier molecular flexibility index (Phi) is 8.46. The second-order valence-corrected chi connectivity index (χ2v) is 11.4. The van der Waals surface area contributed by atoms with E-state index in [9.17, 15) is 14.7 Å². The van der Waals surface area contributed by atoms with Gasteiger partial charge in [-0.3, -0.25) is 4.79 Å². The first-order valence-corrected chi connectivity index (χ1v) is 14.9. The maximum absolute atomic E-state index is 14.5. The molecule has 0 aliphatic heterocycles. The van der Waals surface area contributed by atoms with Crippen LogP contribution in [-0.2, 0) is 30.6 Å². The number of nitrogens with zero attached hydrogens (tertiary/aromatic N) is 1. The quantitative estimate of drug-likeness (QED) is 0.196. The van der Waals surface area contributed by atoms with E-state index in [4.69, 9.17) is 0 Å². The highest BCUT2D eigenvalue weighted by atomic mass is 16.4. The van der Waals surface area contributed by atoms with Crippen LogP contribution in [0.15, 0.2) is 133 Å². The van der Waals surface area contributed by atoms with E-state index in [-0.39, 0.29) is 29.9 Å². The molecule has 4 nitrogen and oxygen atoms in total. The molecule has 0 heterocycles. The largest absolute Gasteiger partial charge is 0.478 e. The monoisotopic (exact) mass is 565 g/mol. The van der Waals surface area contributed by atoms with Gasteiger partial charge in [-0.05, 0) is 76.3 Å². The molecular formula is C39H35NO3. The summed E-state index contributed by atoms with van der Waals surface area (Å²) in [4.78, 5) is 28.1. The smallest absolute Gasteiger partial charge is 0.335 e. The zero-order valence-electron chi connectivity index (χ0n) is 24.1. The van der Waals surface area contributed by atoms with Gasteiger partial charge in [-0.15, -0.1) is 0 Å². The van der Waals surface area contributed by atoms with Gasteiger partial charge in [0.15, 0.2) is 0 Å². The molecule has 0 saturated heterocycles. The van der Waals surface area contributed by atoms with Crippen molar-refractivity contribution in [2.75, 3.05) is 0 Å². The fraction of sp³-hybridized carbons (Fsp3) is 0.179. The van der Waals surface area contributed by atoms with E-state index in [1.54, 1.807) is 18.2 Å². The SMILES string of the molecule is O=C(O)c1cccc(-c2cccc(CC(=O)N(Cc3ccccc3)C3c4ccccc4CCC3Cc3ccccc3)c2)c1. The topological polar surface area (TPSA) is 57.6 Å². The van der Waals surface area contributed by atoms with Crippen molar-refractivity contribution in [2.45, 2.75) is 38.3 Å². The Bertz CT molecular complexity index is 1710. The van der Waals surface area contributed by atoms with Crippen molar-refractivity contribution >= 4 is 11.9 Å². The average Bonchev–Trinajstić information content (AvgIpc) is 3.05. The fourth-order valence-electron chi connectivity index (χ4n) is 6.45. The number of rotatable bonds is 9. The number of hydrogen-bond acceptors (Lipinski definition) is 2. The van der Waals surface area contributed by atoms with Crippen LogP contribution >= 0.6 is 0 Å². The molecule has 0 fully saturated rings. The summed E-state index contributed by atoms with van der Waals surface area (Å²) in [5, 5.41) is 9.47. The molecule has 1 aliphatic carbocycles. The first kappa shape index (κ1) is 28.2. The van der Waals surface area contributed by atoms with Gasteiger partial charge in [0.25, 0.3) is 0 Å². The van der Waals surface area contributed by atoms with Crippen LogP contribution in [0.1, 0.15) is 50.6 Å². The van der Waals surface area contributed by atoms with E-state index in [0.29, 0.717) is 6.54 Å². The van der Waals surface area contributed by atoms with Crippen molar-refractivity contribution in [3.8, 4) is 11.1 Å². The van der Waals surface area contributed by atoms with Crippen LogP contribution in [0, 0.1) is 5.92 Å². The minimum Gasteiger partial charge on any atom is -0.478 e. The number of aryl methyl sites for hydroxylation is 1. The lowest BCUT2D eigenvalue weighted by atomic mass is 9.76. The molecule has 1 aliphatic rings. The minimum atomic E-state index is -0.956. The van der Waals surface area contributed by atoms with Crippen molar-refractivity contribution < 1.29 is 14.7 Å². The predicted molar refractivity (Wildman–Crippen MR) is 171 cm³/mol. The third kappa shape index (κ3) is 6.60. The Balaban J connectivity index is 1.36. The molecule has 0 spiro atoms. The third-order valence-corrected chi connectivity index (χ3v) is 8.52. The molecule has 0 bridgehead atoms. The molecule has 1 N–H and O–H groups in total. The van der Waals surface area contributed by atoms with Gasteiger partial charge in [0, 0.05) is 6.54 Å². The maximum Gasteiger partial charge on any atom is 0.335 e. The number of hydrogen-bond donors (Lipinski definition) is 1. The van der Waals surface area contributed by atoms with Gasteiger partial charge in [-0.2, -0.15) is 0 Å². The van der Waals surface area contributed by atoms with Crippen LogP contribution in [0.3, 0.4) is 0 Å². The molecule has 43 heavy (non-hydrogen) atoms. The van der Waals surface area contributed by atoms with Gasteiger partial charge < -0.3 is 10.0 Å². The summed E-state index contributed by atoms with van der Waals surface area (Å²) in [6.45, 7) is 0.532. The number of fused-ring (bicyclic) bond motifs is 1. The Labute approximate surface area is 253 Å². The zero-order chi connectivity index (χ0) is 29.6. The Hall–Kier alpha value is -4.96. The van der Waals surface area contributed by atoms with Crippen LogP contribution in [0.2, 0.25) is 0 Å². The molecule has 214 valence electrons. The summed E-state index contributed by atoms with van der Waals surface area (Å²) in [7, 11) is 0. The van der Waals surface area contributed by atoms with Gasteiger partial charge >= 0.3 is 5.97 Å². The highest BCUT2D eigenvalue weighted by molar-refractivity contribution is 5.89. The second-order valence-electron chi connectivity index (χ2n) is 11.4. The number of carboxylic acid groups (broad SMARTS) is 1. The van der Waals surface area contributed by atoms with E-state index < -0.39 is 5.97 Å². The highest BCUT2D eigenvalue weighted by Gasteiger charge is 2.36. The lowest BCUT2D eigenvalue weighted by Crippen LogP contribution is -2.41. The number of carbonyl (C=O) groups excluding carboxylic acids is 1. The first-order chi connectivity index (χ1) is 21.0. The molecule has 0 aromatic heterocycles. The van der Waals surface area contributed by atoms with Crippen LogP contribution in [0.5, 0.6) is 0 Å². The van der Waals surface area contributed by atoms with Gasteiger partial charge in [0.1, 0.15) is 0 Å². The molecule has 5 aromatic rings. The number of carboxylic acids is 1. The molecule has 6 rings (SSSR count). The highest BCUT2D eigenvalue weighted by Crippen LogP contribution is 2.41. The summed E-state index contributed by atoms with van der Waals surface area (Å²) < 4.78 is 0. The maximum atomic E-state index is 14.5. The molecule has 1 amide bonds. The number of amides is 1. The first-order valence-electron chi connectivity index (χ1n) is 14.9. The Morgan fingerprint density at radius 2 is 1.30 bits per heavy atom. The van der Waals surface area contributed by atoms with E-state index in [1.165, 1.54) is 16.7 Å². The Morgan fingerprint density at radius 3 is 2.05 bits per heavy atom. The molecule has 0 saturated carbocycles. The van der Waals surface area contributed by atoms with Crippen molar-refractivity contribution in [3.63, 3.8) is 0 Å².